The fourth-order valence-electron chi connectivity index (χ4n) is 1.75. The number of hydrogen-bond donors (Lipinski definition) is 1. The summed E-state index contributed by atoms with van der Waals surface area (Å²) in [4.78, 5) is 4.61. The summed E-state index contributed by atoms with van der Waals surface area (Å²) in [5.41, 5.74) is 5.76. The van der Waals surface area contributed by atoms with Crippen LogP contribution < -0.4 is 5.73 Å². The molecule has 0 radical (unpaired) electrons. The Morgan fingerprint density at radius 1 is 1.33 bits per heavy atom. The minimum absolute atomic E-state index is 0.602. The largest absolute Gasteiger partial charge is 0.387 e. The molecule has 0 atom stereocenters. The van der Waals surface area contributed by atoms with Crippen LogP contribution in [-0.4, -0.2) is 11.9 Å². The van der Waals surface area contributed by atoms with E-state index in [1.54, 1.807) is 0 Å². The first-order chi connectivity index (χ1) is 5.81. The zero-order chi connectivity index (χ0) is 8.55. The van der Waals surface area contributed by atoms with Crippen molar-refractivity contribution in [3.05, 3.63) is 0 Å². The average Bonchev–Trinajstić information content (AvgIpc) is 2.87. The van der Waals surface area contributed by atoms with Crippen molar-refractivity contribution in [1.29, 1.82) is 0 Å². The molecule has 0 saturated heterocycles. The molecule has 12 heavy (non-hydrogen) atoms. The molecule has 2 aliphatic carbocycles. The van der Waals surface area contributed by atoms with Gasteiger partial charge in [-0.1, -0.05) is 6.92 Å². The highest BCUT2D eigenvalue weighted by atomic mass is 14.9. The van der Waals surface area contributed by atoms with Gasteiger partial charge in [-0.15, -0.1) is 0 Å². The molecular weight excluding hydrogens is 148 g/mol. The molecule has 0 aromatic carbocycles. The summed E-state index contributed by atoms with van der Waals surface area (Å²) in [5, 5.41) is 0. The van der Waals surface area contributed by atoms with E-state index in [0.717, 1.165) is 24.1 Å². The van der Waals surface area contributed by atoms with Crippen LogP contribution in [0.25, 0.3) is 0 Å². The zero-order valence-corrected chi connectivity index (χ0v) is 7.79. The lowest BCUT2D eigenvalue weighted by Gasteiger charge is -2.10. The van der Waals surface area contributed by atoms with Crippen LogP contribution in [-0.2, 0) is 0 Å². The molecule has 2 rings (SSSR count). The smallest absolute Gasteiger partial charge is 0.0937 e. The van der Waals surface area contributed by atoms with Crippen molar-refractivity contribution >= 4 is 5.84 Å². The first-order valence-corrected chi connectivity index (χ1v) is 5.13. The second-order valence-corrected chi connectivity index (χ2v) is 4.14. The number of nitrogens with zero attached hydrogens (tertiary/aromatic N) is 1. The average molecular weight is 166 g/mol. The Kier molecular flexibility index (Phi) is 2.07. The quantitative estimate of drug-likeness (QED) is 0.503. The first kappa shape index (κ1) is 8.09. The van der Waals surface area contributed by atoms with Crippen molar-refractivity contribution in [2.45, 2.75) is 45.1 Å². The van der Waals surface area contributed by atoms with Crippen molar-refractivity contribution in [1.82, 2.24) is 0 Å². The van der Waals surface area contributed by atoms with Crippen LogP contribution in [0.1, 0.15) is 39.0 Å². The zero-order valence-electron chi connectivity index (χ0n) is 7.79. The van der Waals surface area contributed by atoms with Gasteiger partial charge in [0.15, 0.2) is 0 Å². The van der Waals surface area contributed by atoms with E-state index in [9.17, 15) is 0 Å². The van der Waals surface area contributed by atoms with Crippen LogP contribution in [0.4, 0.5) is 0 Å². The van der Waals surface area contributed by atoms with Gasteiger partial charge in [-0.25, -0.2) is 0 Å². The molecule has 2 saturated carbocycles. The lowest BCUT2D eigenvalue weighted by atomic mass is 10.1. The molecule has 2 nitrogen and oxygen atoms in total. The minimum atomic E-state index is 0.602. The lowest BCUT2D eigenvalue weighted by molar-refractivity contribution is 0.532. The van der Waals surface area contributed by atoms with Gasteiger partial charge in [-0.3, -0.25) is 4.99 Å². The molecule has 0 amide bonds. The molecule has 0 bridgehead atoms. The Balaban J connectivity index is 1.95. The maximum absolute atomic E-state index is 5.76. The second-order valence-electron chi connectivity index (χ2n) is 4.14. The van der Waals surface area contributed by atoms with Gasteiger partial charge in [0.25, 0.3) is 0 Å². The van der Waals surface area contributed by atoms with Crippen LogP contribution in [0, 0.1) is 11.8 Å². The molecule has 2 N–H and O–H groups in total. The molecule has 0 aromatic rings. The fourth-order valence-corrected chi connectivity index (χ4v) is 1.75. The number of amidine groups is 1. The van der Waals surface area contributed by atoms with E-state index in [4.69, 9.17) is 5.73 Å². The van der Waals surface area contributed by atoms with E-state index in [1.807, 2.05) is 0 Å². The Morgan fingerprint density at radius 3 is 2.17 bits per heavy atom. The monoisotopic (exact) mass is 166 g/mol. The van der Waals surface area contributed by atoms with Crippen molar-refractivity contribution < 1.29 is 0 Å². The summed E-state index contributed by atoms with van der Waals surface area (Å²) in [5.74, 6) is 2.64. The first-order valence-electron chi connectivity index (χ1n) is 5.13. The second kappa shape index (κ2) is 3.08. The third kappa shape index (κ3) is 1.79. The SMILES string of the molecule is CCC(N)=NC(C1CC1)C1CC1. The van der Waals surface area contributed by atoms with Gasteiger partial charge < -0.3 is 5.73 Å². The predicted octanol–water partition coefficient (Wildman–Crippen LogP) is 1.94. The van der Waals surface area contributed by atoms with Gasteiger partial charge in [-0.05, 0) is 37.5 Å². The molecule has 0 aliphatic heterocycles. The molecule has 0 spiro atoms. The van der Waals surface area contributed by atoms with Crippen molar-refractivity contribution in [3.8, 4) is 0 Å². The van der Waals surface area contributed by atoms with Crippen molar-refractivity contribution in [3.63, 3.8) is 0 Å². The molecule has 0 aromatic heterocycles. The minimum Gasteiger partial charge on any atom is -0.387 e. The number of hydrogen-bond acceptors (Lipinski definition) is 1. The molecule has 0 heterocycles. The van der Waals surface area contributed by atoms with Crippen LogP contribution >= 0.6 is 0 Å². The van der Waals surface area contributed by atoms with Gasteiger partial charge in [0.1, 0.15) is 0 Å². The maximum Gasteiger partial charge on any atom is 0.0937 e. The molecule has 0 unspecified atom stereocenters. The van der Waals surface area contributed by atoms with Crippen LogP contribution in [0.15, 0.2) is 4.99 Å². The lowest BCUT2D eigenvalue weighted by Crippen LogP contribution is -2.18. The van der Waals surface area contributed by atoms with Crippen molar-refractivity contribution in [2.75, 3.05) is 0 Å². The van der Waals surface area contributed by atoms with Gasteiger partial charge >= 0.3 is 0 Å². The Hall–Kier alpha value is -0.530. The highest BCUT2D eigenvalue weighted by molar-refractivity contribution is 5.80. The highest BCUT2D eigenvalue weighted by Gasteiger charge is 2.41. The predicted molar refractivity (Wildman–Crippen MR) is 51.1 cm³/mol. The summed E-state index contributed by atoms with van der Waals surface area (Å²) in [7, 11) is 0. The Bertz CT molecular complexity index is 178. The van der Waals surface area contributed by atoms with Gasteiger partial charge in [0.2, 0.25) is 0 Å². The summed E-state index contributed by atoms with van der Waals surface area (Å²) < 4.78 is 0. The number of rotatable bonds is 4. The molecule has 68 valence electrons. The van der Waals surface area contributed by atoms with E-state index in [1.165, 1.54) is 25.7 Å². The van der Waals surface area contributed by atoms with Gasteiger partial charge in [0.05, 0.1) is 11.9 Å². The van der Waals surface area contributed by atoms with Gasteiger partial charge in [-0.2, -0.15) is 0 Å². The van der Waals surface area contributed by atoms with E-state index in [0.29, 0.717) is 6.04 Å². The van der Waals surface area contributed by atoms with Gasteiger partial charge in [0, 0.05) is 6.42 Å². The van der Waals surface area contributed by atoms with E-state index >= 15 is 0 Å². The van der Waals surface area contributed by atoms with E-state index in [-0.39, 0.29) is 0 Å². The normalized spacial score (nSPS) is 25.0. The van der Waals surface area contributed by atoms with E-state index in [2.05, 4.69) is 11.9 Å². The molecule has 2 fully saturated rings. The summed E-state index contributed by atoms with van der Waals surface area (Å²) >= 11 is 0. The van der Waals surface area contributed by atoms with E-state index < -0.39 is 0 Å². The fraction of sp³-hybridized carbons (Fsp3) is 0.900. The van der Waals surface area contributed by atoms with Crippen molar-refractivity contribution in [2.24, 2.45) is 22.6 Å². The van der Waals surface area contributed by atoms with Crippen LogP contribution in [0.2, 0.25) is 0 Å². The summed E-state index contributed by atoms with van der Waals surface area (Å²) in [6.45, 7) is 2.08. The molecule has 2 aliphatic rings. The third-order valence-electron chi connectivity index (χ3n) is 2.89. The summed E-state index contributed by atoms with van der Waals surface area (Å²) in [6.07, 6.45) is 6.47. The topological polar surface area (TPSA) is 38.4 Å². The van der Waals surface area contributed by atoms with Crippen LogP contribution in [0.5, 0.6) is 0 Å². The Morgan fingerprint density at radius 2 is 1.83 bits per heavy atom. The van der Waals surface area contributed by atoms with Crippen LogP contribution in [0.3, 0.4) is 0 Å². The summed E-state index contributed by atoms with van der Waals surface area (Å²) in [6, 6.07) is 0.602. The highest BCUT2D eigenvalue weighted by Crippen LogP contribution is 2.46. The maximum atomic E-state index is 5.76. The third-order valence-corrected chi connectivity index (χ3v) is 2.89. The Labute approximate surface area is 74.2 Å². The standard InChI is InChI=1S/C10H18N2/c1-2-9(11)12-10(7-3-4-7)8-5-6-8/h7-8,10H,2-6H2,1H3,(H2,11,12). The number of nitrogens with two attached hydrogens (primary N) is 1. The molecular formula is C10H18N2. The molecule has 2 heteroatoms. The number of aliphatic imine (C=N–C) groups is 1.